The first-order valence-corrected chi connectivity index (χ1v) is 9.45. The summed E-state index contributed by atoms with van der Waals surface area (Å²) in [7, 11) is 0. The van der Waals surface area contributed by atoms with Crippen molar-refractivity contribution in [2.45, 2.75) is 38.6 Å². The van der Waals surface area contributed by atoms with Crippen LogP contribution < -0.4 is 0 Å². The second-order valence-corrected chi connectivity index (χ2v) is 7.61. The van der Waals surface area contributed by atoms with Gasteiger partial charge in [-0.05, 0) is 55.9 Å². The van der Waals surface area contributed by atoms with Crippen molar-refractivity contribution in [1.82, 2.24) is 9.80 Å². The van der Waals surface area contributed by atoms with Gasteiger partial charge in [0.15, 0.2) is 0 Å². The topological polar surface area (TPSA) is 77.9 Å². The molecule has 2 aliphatic heterocycles. The van der Waals surface area contributed by atoms with Gasteiger partial charge in [0.1, 0.15) is 11.9 Å². The van der Waals surface area contributed by atoms with Crippen LogP contribution in [0.4, 0.5) is 4.39 Å². The predicted molar refractivity (Wildman–Crippen MR) is 96.6 cm³/mol. The second kappa shape index (κ2) is 8.06. The molecule has 0 bridgehead atoms. The zero-order valence-corrected chi connectivity index (χ0v) is 15.4. The standard InChI is InChI=1S/C20H25FN2O4/c1-13-8-10-23(17(11-13)20(26)27)19(25)15-3-2-9-22(12-15)18(24)14-4-6-16(21)7-5-14/h4-7,13,15,17H,2-3,8-12H2,1H3,(H,26,27). The molecule has 0 spiro atoms. The molecule has 0 aromatic heterocycles. The number of carboxylic acid groups (broad SMARTS) is 1. The van der Waals surface area contributed by atoms with Crippen LogP contribution in [0.1, 0.15) is 43.0 Å². The smallest absolute Gasteiger partial charge is 0.326 e. The van der Waals surface area contributed by atoms with Gasteiger partial charge in [-0.1, -0.05) is 6.92 Å². The van der Waals surface area contributed by atoms with E-state index in [0.29, 0.717) is 37.9 Å². The van der Waals surface area contributed by atoms with Crippen molar-refractivity contribution in [3.05, 3.63) is 35.6 Å². The van der Waals surface area contributed by atoms with Crippen molar-refractivity contribution >= 4 is 17.8 Å². The average molecular weight is 376 g/mol. The van der Waals surface area contributed by atoms with Gasteiger partial charge in [-0.15, -0.1) is 0 Å². The summed E-state index contributed by atoms with van der Waals surface area (Å²) in [5.74, 6) is -1.89. The predicted octanol–water partition coefficient (Wildman–Crippen LogP) is 2.39. The quantitative estimate of drug-likeness (QED) is 0.879. The van der Waals surface area contributed by atoms with Crippen molar-refractivity contribution < 1.29 is 23.9 Å². The Bertz CT molecular complexity index is 721. The molecule has 7 heteroatoms. The summed E-state index contributed by atoms with van der Waals surface area (Å²) in [6.45, 7) is 3.26. The third-order valence-electron chi connectivity index (χ3n) is 5.58. The van der Waals surface area contributed by atoms with E-state index in [2.05, 4.69) is 0 Å². The number of carboxylic acids is 1. The van der Waals surface area contributed by atoms with Crippen LogP contribution >= 0.6 is 0 Å². The van der Waals surface area contributed by atoms with E-state index in [-0.39, 0.29) is 24.3 Å². The van der Waals surface area contributed by atoms with E-state index >= 15 is 0 Å². The Morgan fingerprint density at radius 3 is 2.48 bits per heavy atom. The minimum absolute atomic E-state index is 0.175. The Labute approximate surface area is 157 Å². The monoisotopic (exact) mass is 376 g/mol. The van der Waals surface area contributed by atoms with Crippen LogP contribution in [0.3, 0.4) is 0 Å². The molecule has 0 radical (unpaired) electrons. The summed E-state index contributed by atoms with van der Waals surface area (Å²) in [4.78, 5) is 40.3. The Hall–Kier alpha value is -2.44. The van der Waals surface area contributed by atoms with E-state index in [4.69, 9.17) is 0 Å². The highest BCUT2D eigenvalue weighted by molar-refractivity contribution is 5.95. The van der Waals surface area contributed by atoms with Crippen molar-refractivity contribution in [2.24, 2.45) is 11.8 Å². The Morgan fingerprint density at radius 2 is 1.81 bits per heavy atom. The number of aliphatic carboxylic acids is 1. The third kappa shape index (κ3) is 4.28. The first-order chi connectivity index (χ1) is 12.9. The minimum Gasteiger partial charge on any atom is -0.480 e. The number of carbonyl (C=O) groups excluding carboxylic acids is 2. The number of rotatable bonds is 3. The van der Waals surface area contributed by atoms with E-state index in [1.807, 2.05) is 6.92 Å². The largest absolute Gasteiger partial charge is 0.480 e. The third-order valence-corrected chi connectivity index (χ3v) is 5.58. The van der Waals surface area contributed by atoms with Gasteiger partial charge in [-0.2, -0.15) is 0 Å². The molecule has 2 saturated heterocycles. The highest BCUT2D eigenvalue weighted by atomic mass is 19.1. The Balaban J connectivity index is 1.69. The van der Waals surface area contributed by atoms with Crippen LogP contribution in [0.15, 0.2) is 24.3 Å². The Kier molecular flexibility index (Phi) is 5.77. The molecule has 0 saturated carbocycles. The second-order valence-electron chi connectivity index (χ2n) is 7.61. The van der Waals surface area contributed by atoms with Gasteiger partial charge in [0.25, 0.3) is 5.91 Å². The summed E-state index contributed by atoms with van der Waals surface area (Å²) in [6.07, 6.45) is 2.59. The van der Waals surface area contributed by atoms with E-state index < -0.39 is 23.7 Å². The fourth-order valence-corrected chi connectivity index (χ4v) is 4.01. The molecule has 1 N–H and O–H groups in total. The van der Waals surface area contributed by atoms with Crippen LogP contribution in [0.25, 0.3) is 0 Å². The molecular weight excluding hydrogens is 351 g/mol. The molecule has 3 atom stereocenters. The van der Waals surface area contributed by atoms with E-state index in [1.165, 1.54) is 29.2 Å². The highest BCUT2D eigenvalue weighted by Gasteiger charge is 2.39. The van der Waals surface area contributed by atoms with Gasteiger partial charge >= 0.3 is 5.97 Å². The molecular formula is C20H25FN2O4. The number of nitrogens with zero attached hydrogens (tertiary/aromatic N) is 2. The van der Waals surface area contributed by atoms with E-state index in [0.717, 1.165) is 6.42 Å². The van der Waals surface area contributed by atoms with Crippen LogP contribution in [0.2, 0.25) is 0 Å². The van der Waals surface area contributed by atoms with E-state index in [9.17, 15) is 23.9 Å². The maximum Gasteiger partial charge on any atom is 0.326 e. The molecule has 1 aromatic rings. The summed E-state index contributed by atoms with van der Waals surface area (Å²) in [6, 6.07) is 4.58. The number of piperidine rings is 2. The highest BCUT2D eigenvalue weighted by Crippen LogP contribution is 2.27. The summed E-state index contributed by atoms with van der Waals surface area (Å²) >= 11 is 0. The van der Waals surface area contributed by atoms with Crippen molar-refractivity contribution in [3.8, 4) is 0 Å². The normalized spacial score (nSPS) is 25.9. The molecule has 3 rings (SSSR count). The molecule has 27 heavy (non-hydrogen) atoms. The lowest BCUT2D eigenvalue weighted by atomic mass is 9.89. The number of amides is 2. The van der Waals surface area contributed by atoms with Gasteiger partial charge in [0, 0.05) is 25.2 Å². The van der Waals surface area contributed by atoms with Gasteiger partial charge in [-0.3, -0.25) is 9.59 Å². The van der Waals surface area contributed by atoms with Crippen LogP contribution in [0, 0.1) is 17.7 Å². The fraction of sp³-hybridized carbons (Fsp3) is 0.550. The Morgan fingerprint density at radius 1 is 1.11 bits per heavy atom. The zero-order valence-electron chi connectivity index (χ0n) is 15.4. The van der Waals surface area contributed by atoms with Gasteiger partial charge in [-0.25, -0.2) is 9.18 Å². The number of halogens is 1. The summed E-state index contributed by atoms with van der Waals surface area (Å²) in [5.41, 5.74) is 0.389. The summed E-state index contributed by atoms with van der Waals surface area (Å²) < 4.78 is 13.1. The molecule has 2 amide bonds. The minimum atomic E-state index is -0.968. The average Bonchev–Trinajstić information content (AvgIpc) is 2.67. The van der Waals surface area contributed by atoms with Crippen LogP contribution in [-0.4, -0.2) is 58.4 Å². The summed E-state index contributed by atoms with van der Waals surface area (Å²) in [5, 5.41) is 9.50. The molecule has 2 heterocycles. The van der Waals surface area contributed by atoms with Gasteiger partial charge in [0.2, 0.25) is 5.91 Å². The first-order valence-electron chi connectivity index (χ1n) is 9.45. The maximum absolute atomic E-state index is 13.1. The van der Waals surface area contributed by atoms with Gasteiger partial charge < -0.3 is 14.9 Å². The molecule has 2 fully saturated rings. The molecule has 0 aliphatic carbocycles. The number of benzene rings is 1. The number of carbonyl (C=O) groups is 3. The van der Waals surface area contributed by atoms with Gasteiger partial charge in [0.05, 0.1) is 5.92 Å². The molecule has 1 aromatic carbocycles. The van der Waals surface area contributed by atoms with Crippen molar-refractivity contribution in [2.75, 3.05) is 19.6 Å². The fourth-order valence-electron chi connectivity index (χ4n) is 4.01. The zero-order chi connectivity index (χ0) is 19.6. The first kappa shape index (κ1) is 19.3. The number of hydrogen-bond acceptors (Lipinski definition) is 3. The molecule has 146 valence electrons. The van der Waals surface area contributed by atoms with Crippen molar-refractivity contribution in [3.63, 3.8) is 0 Å². The maximum atomic E-state index is 13.1. The number of hydrogen-bond donors (Lipinski definition) is 1. The lowest BCUT2D eigenvalue weighted by molar-refractivity contribution is -0.155. The SMILES string of the molecule is CC1CCN(C(=O)C2CCCN(C(=O)c3ccc(F)cc3)C2)C(C(=O)O)C1. The number of likely N-dealkylation sites (tertiary alicyclic amines) is 2. The molecule has 6 nitrogen and oxygen atoms in total. The lowest BCUT2D eigenvalue weighted by Crippen LogP contribution is -2.54. The van der Waals surface area contributed by atoms with E-state index in [1.54, 1.807) is 4.90 Å². The molecule has 3 unspecified atom stereocenters. The van der Waals surface area contributed by atoms with Crippen LogP contribution in [0.5, 0.6) is 0 Å². The van der Waals surface area contributed by atoms with Crippen molar-refractivity contribution in [1.29, 1.82) is 0 Å². The molecule has 2 aliphatic rings. The van der Waals surface area contributed by atoms with Crippen LogP contribution in [-0.2, 0) is 9.59 Å². The lowest BCUT2D eigenvalue weighted by Gasteiger charge is -2.40.